The first kappa shape index (κ1) is 17.6. The van der Waals surface area contributed by atoms with E-state index >= 15 is 0 Å². The van der Waals surface area contributed by atoms with E-state index in [1.165, 1.54) is 37.7 Å². The van der Waals surface area contributed by atoms with Crippen LogP contribution in [0.4, 0.5) is 5.82 Å². The molecule has 0 N–H and O–H groups in total. The second-order valence-electron chi connectivity index (χ2n) is 6.43. The number of carbonyl (C=O) groups excluding carboxylic acids is 1. The second kappa shape index (κ2) is 7.84. The molecule has 2 aromatic heterocycles. The molecule has 3 heterocycles. The topological polar surface area (TPSA) is 68.2 Å². The minimum atomic E-state index is -0.348. The van der Waals surface area contributed by atoms with Gasteiger partial charge in [-0.3, -0.25) is 0 Å². The molecule has 1 fully saturated rings. The molecule has 0 bridgehead atoms. The molecule has 7 heteroatoms. The number of nitrogens with zero attached hydrogens (tertiary/aromatic N) is 4. The molecule has 0 spiro atoms. The summed E-state index contributed by atoms with van der Waals surface area (Å²) >= 11 is 1.51. The molecule has 1 aliphatic heterocycles. The van der Waals surface area contributed by atoms with Gasteiger partial charge in [0.05, 0.1) is 12.7 Å². The van der Waals surface area contributed by atoms with Crippen LogP contribution in [0.25, 0.3) is 21.1 Å². The van der Waals surface area contributed by atoms with E-state index in [1.54, 1.807) is 12.1 Å². The molecule has 1 saturated heterocycles. The number of carbonyl (C=O) groups is 1. The van der Waals surface area contributed by atoms with Crippen molar-refractivity contribution in [1.82, 2.24) is 15.2 Å². The molecular weight excluding hydrogens is 360 g/mol. The monoisotopic (exact) mass is 380 g/mol. The van der Waals surface area contributed by atoms with Gasteiger partial charge in [-0.2, -0.15) is 0 Å². The van der Waals surface area contributed by atoms with Crippen LogP contribution in [0.1, 0.15) is 29.6 Å². The number of hydrogen-bond acceptors (Lipinski definition) is 7. The van der Waals surface area contributed by atoms with Crippen LogP contribution in [-0.2, 0) is 4.74 Å². The molecular formula is C20H20N4O2S. The first-order chi connectivity index (χ1) is 13.2. The molecule has 0 unspecified atom stereocenters. The highest BCUT2D eigenvalue weighted by atomic mass is 32.1. The van der Waals surface area contributed by atoms with Crippen LogP contribution in [0.3, 0.4) is 0 Å². The van der Waals surface area contributed by atoms with Gasteiger partial charge < -0.3 is 9.64 Å². The molecule has 1 aromatic carbocycles. The summed E-state index contributed by atoms with van der Waals surface area (Å²) in [7, 11) is 1.37. The number of ether oxygens (including phenoxy) is 1. The molecule has 0 radical (unpaired) electrons. The average molecular weight is 380 g/mol. The number of methoxy groups -OCH3 is 1. The van der Waals surface area contributed by atoms with E-state index in [-0.39, 0.29) is 5.97 Å². The van der Waals surface area contributed by atoms with Crippen LogP contribution >= 0.6 is 11.3 Å². The van der Waals surface area contributed by atoms with Gasteiger partial charge in [0.1, 0.15) is 15.8 Å². The van der Waals surface area contributed by atoms with E-state index in [9.17, 15) is 4.79 Å². The SMILES string of the molecule is COC(=O)c1ccc(-c2nnc(-c3ccc(N4CCCCC4)nc3)s2)cc1. The van der Waals surface area contributed by atoms with Crippen molar-refractivity contribution in [3.8, 4) is 21.1 Å². The second-order valence-corrected chi connectivity index (χ2v) is 7.41. The van der Waals surface area contributed by atoms with Crippen molar-refractivity contribution < 1.29 is 9.53 Å². The highest BCUT2D eigenvalue weighted by Crippen LogP contribution is 2.30. The minimum absolute atomic E-state index is 0.348. The smallest absolute Gasteiger partial charge is 0.337 e. The Morgan fingerprint density at radius 1 is 0.963 bits per heavy atom. The Morgan fingerprint density at radius 3 is 2.26 bits per heavy atom. The van der Waals surface area contributed by atoms with Gasteiger partial charge in [-0.1, -0.05) is 23.5 Å². The first-order valence-corrected chi connectivity index (χ1v) is 9.80. The maximum absolute atomic E-state index is 11.5. The van der Waals surface area contributed by atoms with Gasteiger partial charge >= 0.3 is 5.97 Å². The molecule has 27 heavy (non-hydrogen) atoms. The Bertz CT molecular complexity index is 916. The summed E-state index contributed by atoms with van der Waals surface area (Å²) in [6, 6.07) is 11.3. The van der Waals surface area contributed by atoms with Crippen molar-refractivity contribution in [2.24, 2.45) is 0 Å². The van der Waals surface area contributed by atoms with E-state index < -0.39 is 0 Å². The van der Waals surface area contributed by atoms with Crippen molar-refractivity contribution >= 4 is 23.1 Å². The zero-order chi connectivity index (χ0) is 18.6. The predicted octanol–water partition coefficient (Wildman–Crippen LogP) is 4.04. The fourth-order valence-corrected chi connectivity index (χ4v) is 3.98. The maximum Gasteiger partial charge on any atom is 0.337 e. The van der Waals surface area contributed by atoms with Crippen LogP contribution < -0.4 is 4.90 Å². The number of aromatic nitrogens is 3. The fraction of sp³-hybridized carbons (Fsp3) is 0.300. The van der Waals surface area contributed by atoms with Crippen LogP contribution in [0.15, 0.2) is 42.6 Å². The number of esters is 1. The van der Waals surface area contributed by atoms with E-state index in [2.05, 4.69) is 32.2 Å². The van der Waals surface area contributed by atoms with Gasteiger partial charge in [-0.05, 0) is 43.5 Å². The Hall–Kier alpha value is -2.80. The van der Waals surface area contributed by atoms with Crippen LogP contribution in [0.2, 0.25) is 0 Å². The zero-order valence-corrected chi connectivity index (χ0v) is 15.9. The Morgan fingerprint density at radius 2 is 1.63 bits per heavy atom. The largest absolute Gasteiger partial charge is 0.465 e. The Balaban J connectivity index is 1.51. The lowest BCUT2D eigenvalue weighted by atomic mass is 10.1. The molecule has 0 atom stereocenters. The van der Waals surface area contributed by atoms with Crippen molar-refractivity contribution in [1.29, 1.82) is 0 Å². The van der Waals surface area contributed by atoms with Crippen molar-refractivity contribution in [3.63, 3.8) is 0 Å². The summed E-state index contributed by atoms with van der Waals surface area (Å²) in [6.45, 7) is 2.16. The highest BCUT2D eigenvalue weighted by Gasteiger charge is 2.14. The third kappa shape index (κ3) is 3.83. The van der Waals surface area contributed by atoms with E-state index in [0.717, 1.165) is 40.0 Å². The summed E-state index contributed by atoms with van der Waals surface area (Å²) in [4.78, 5) is 18.5. The molecule has 6 nitrogen and oxygen atoms in total. The standard InChI is InChI=1S/C20H20N4O2S/c1-26-20(25)15-7-5-14(6-8-15)18-22-23-19(27-18)16-9-10-17(21-13-16)24-11-3-2-4-12-24/h5-10,13H,2-4,11-12H2,1H3. The lowest BCUT2D eigenvalue weighted by Gasteiger charge is -2.27. The fourth-order valence-electron chi connectivity index (χ4n) is 3.15. The van der Waals surface area contributed by atoms with Crippen LogP contribution in [0, 0.1) is 0 Å². The maximum atomic E-state index is 11.5. The number of benzene rings is 1. The van der Waals surface area contributed by atoms with Gasteiger partial charge in [-0.25, -0.2) is 9.78 Å². The summed E-state index contributed by atoms with van der Waals surface area (Å²) in [6.07, 6.45) is 5.65. The van der Waals surface area contributed by atoms with Gasteiger partial charge in [0.25, 0.3) is 0 Å². The number of rotatable bonds is 4. The summed E-state index contributed by atoms with van der Waals surface area (Å²) in [5.74, 6) is 0.681. The van der Waals surface area contributed by atoms with Gasteiger partial charge in [0, 0.05) is 30.4 Å². The summed E-state index contributed by atoms with van der Waals surface area (Å²) in [5.41, 5.74) is 2.40. The first-order valence-electron chi connectivity index (χ1n) is 8.98. The normalized spacial score (nSPS) is 14.2. The molecule has 0 aliphatic carbocycles. The number of piperidine rings is 1. The third-order valence-corrected chi connectivity index (χ3v) is 5.67. The molecule has 0 saturated carbocycles. The third-order valence-electron chi connectivity index (χ3n) is 4.65. The van der Waals surface area contributed by atoms with E-state index in [0.29, 0.717) is 5.56 Å². The van der Waals surface area contributed by atoms with Crippen molar-refractivity contribution in [3.05, 3.63) is 48.2 Å². The van der Waals surface area contributed by atoms with Crippen molar-refractivity contribution in [2.75, 3.05) is 25.1 Å². The van der Waals surface area contributed by atoms with Gasteiger partial charge in [0.15, 0.2) is 0 Å². The van der Waals surface area contributed by atoms with Gasteiger partial charge in [-0.15, -0.1) is 10.2 Å². The quantitative estimate of drug-likeness (QED) is 0.636. The van der Waals surface area contributed by atoms with Crippen LogP contribution in [0.5, 0.6) is 0 Å². The van der Waals surface area contributed by atoms with E-state index in [1.807, 2.05) is 18.3 Å². The Labute approximate surface area is 161 Å². The number of anilines is 1. The molecule has 3 aromatic rings. The molecule has 1 aliphatic rings. The summed E-state index contributed by atoms with van der Waals surface area (Å²) in [5, 5.41) is 10.2. The average Bonchev–Trinajstić information content (AvgIpc) is 3.24. The number of pyridine rings is 1. The molecule has 138 valence electrons. The van der Waals surface area contributed by atoms with E-state index in [4.69, 9.17) is 4.74 Å². The Kier molecular flexibility index (Phi) is 5.11. The van der Waals surface area contributed by atoms with Crippen molar-refractivity contribution in [2.45, 2.75) is 19.3 Å². The highest BCUT2D eigenvalue weighted by molar-refractivity contribution is 7.17. The van der Waals surface area contributed by atoms with Gasteiger partial charge in [0.2, 0.25) is 0 Å². The zero-order valence-electron chi connectivity index (χ0n) is 15.1. The lowest BCUT2D eigenvalue weighted by Crippen LogP contribution is -2.29. The van der Waals surface area contributed by atoms with Crippen LogP contribution in [-0.4, -0.2) is 41.3 Å². The molecule has 4 rings (SSSR count). The predicted molar refractivity (Wildman–Crippen MR) is 106 cm³/mol. The molecule has 0 amide bonds. The lowest BCUT2D eigenvalue weighted by molar-refractivity contribution is 0.0601. The number of hydrogen-bond donors (Lipinski definition) is 0. The summed E-state index contributed by atoms with van der Waals surface area (Å²) < 4.78 is 4.72. The minimum Gasteiger partial charge on any atom is -0.465 e.